The summed E-state index contributed by atoms with van der Waals surface area (Å²) in [5, 5.41) is 0. The number of aromatic amines is 1. The third-order valence-electron chi connectivity index (χ3n) is 1.87. The summed E-state index contributed by atoms with van der Waals surface area (Å²) < 4.78 is 0. The quantitative estimate of drug-likeness (QED) is 0.754. The standard InChI is InChI=1S/C11H14N2O2/c1-8(14)9-4-5-11(15)12-10(9)6-7-13(2)3/h4-7H,1-3H3,(H,12,15)/b7-6-. The van der Waals surface area contributed by atoms with E-state index in [9.17, 15) is 9.59 Å². The van der Waals surface area contributed by atoms with E-state index in [4.69, 9.17) is 0 Å². The Hall–Kier alpha value is -1.84. The number of hydrogen-bond acceptors (Lipinski definition) is 3. The zero-order chi connectivity index (χ0) is 11.4. The highest BCUT2D eigenvalue weighted by molar-refractivity contribution is 5.96. The van der Waals surface area contributed by atoms with Gasteiger partial charge in [-0.3, -0.25) is 9.59 Å². The lowest BCUT2D eigenvalue weighted by Gasteiger charge is -2.05. The molecule has 0 aliphatic heterocycles. The molecule has 4 nitrogen and oxygen atoms in total. The van der Waals surface area contributed by atoms with Crippen LogP contribution in [0, 0.1) is 0 Å². The number of carbonyl (C=O) groups is 1. The fourth-order valence-electron chi connectivity index (χ4n) is 1.15. The summed E-state index contributed by atoms with van der Waals surface area (Å²) in [5.74, 6) is -0.0651. The normalized spacial score (nSPS) is 10.6. The van der Waals surface area contributed by atoms with Crippen molar-refractivity contribution in [3.8, 4) is 0 Å². The molecular weight excluding hydrogens is 192 g/mol. The van der Waals surface area contributed by atoms with Crippen molar-refractivity contribution in [1.29, 1.82) is 0 Å². The Balaban J connectivity index is 3.19. The SMILES string of the molecule is CC(=O)c1ccc(=O)[nH]c1/C=C\N(C)C. The van der Waals surface area contributed by atoms with Crippen molar-refractivity contribution in [3.63, 3.8) is 0 Å². The molecule has 0 amide bonds. The molecule has 0 spiro atoms. The highest BCUT2D eigenvalue weighted by Crippen LogP contribution is 2.06. The van der Waals surface area contributed by atoms with Gasteiger partial charge in [-0.15, -0.1) is 0 Å². The fraction of sp³-hybridized carbons (Fsp3) is 0.273. The Morgan fingerprint density at radius 3 is 2.60 bits per heavy atom. The fourth-order valence-corrected chi connectivity index (χ4v) is 1.15. The molecule has 0 fully saturated rings. The van der Waals surface area contributed by atoms with Crippen LogP contribution in [-0.2, 0) is 0 Å². The van der Waals surface area contributed by atoms with Crippen LogP contribution in [-0.4, -0.2) is 29.8 Å². The maximum Gasteiger partial charge on any atom is 0.248 e. The first-order valence-corrected chi connectivity index (χ1v) is 4.59. The van der Waals surface area contributed by atoms with Gasteiger partial charge in [-0.2, -0.15) is 0 Å². The second-order valence-corrected chi connectivity index (χ2v) is 3.49. The molecule has 15 heavy (non-hydrogen) atoms. The predicted molar refractivity (Wildman–Crippen MR) is 59.8 cm³/mol. The number of aromatic nitrogens is 1. The number of nitrogens with zero attached hydrogens (tertiary/aromatic N) is 1. The van der Waals surface area contributed by atoms with E-state index in [0.29, 0.717) is 11.3 Å². The van der Waals surface area contributed by atoms with Crippen LogP contribution < -0.4 is 5.56 Å². The van der Waals surface area contributed by atoms with Crippen LogP contribution in [0.1, 0.15) is 23.0 Å². The van der Waals surface area contributed by atoms with Crippen LogP contribution in [0.15, 0.2) is 23.1 Å². The molecule has 0 atom stereocenters. The molecule has 0 saturated carbocycles. The monoisotopic (exact) mass is 206 g/mol. The van der Waals surface area contributed by atoms with E-state index in [0.717, 1.165) is 0 Å². The molecule has 1 heterocycles. The lowest BCUT2D eigenvalue weighted by atomic mass is 10.1. The zero-order valence-corrected chi connectivity index (χ0v) is 9.07. The van der Waals surface area contributed by atoms with Crippen LogP contribution in [0.4, 0.5) is 0 Å². The zero-order valence-electron chi connectivity index (χ0n) is 9.07. The van der Waals surface area contributed by atoms with Gasteiger partial charge in [0.05, 0.1) is 5.69 Å². The first kappa shape index (κ1) is 11.2. The number of ketones is 1. The van der Waals surface area contributed by atoms with Gasteiger partial charge >= 0.3 is 0 Å². The van der Waals surface area contributed by atoms with E-state index >= 15 is 0 Å². The predicted octanol–water partition coefficient (Wildman–Crippen LogP) is 1.11. The Morgan fingerprint density at radius 2 is 2.07 bits per heavy atom. The smallest absolute Gasteiger partial charge is 0.248 e. The largest absolute Gasteiger partial charge is 0.383 e. The number of carbonyl (C=O) groups excluding carboxylic acids is 1. The molecule has 1 rings (SSSR count). The molecule has 4 heteroatoms. The van der Waals surface area contributed by atoms with Crippen LogP contribution in [0.3, 0.4) is 0 Å². The lowest BCUT2D eigenvalue weighted by Crippen LogP contribution is -2.10. The van der Waals surface area contributed by atoms with E-state index in [1.165, 1.54) is 19.1 Å². The third kappa shape index (κ3) is 3.09. The van der Waals surface area contributed by atoms with E-state index in [-0.39, 0.29) is 11.3 Å². The molecule has 0 radical (unpaired) electrons. The summed E-state index contributed by atoms with van der Waals surface area (Å²) in [5.41, 5.74) is 0.856. The van der Waals surface area contributed by atoms with Gasteiger partial charge in [0.25, 0.3) is 0 Å². The molecule has 0 aromatic carbocycles. The average Bonchev–Trinajstić information content (AvgIpc) is 2.14. The van der Waals surface area contributed by atoms with Gasteiger partial charge in [-0.1, -0.05) is 0 Å². The molecule has 0 bridgehead atoms. The molecule has 1 aromatic heterocycles. The van der Waals surface area contributed by atoms with E-state index in [1.807, 2.05) is 19.0 Å². The summed E-state index contributed by atoms with van der Waals surface area (Å²) in [7, 11) is 3.73. The minimum Gasteiger partial charge on any atom is -0.383 e. The first-order chi connectivity index (χ1) is 7.00. The van der Waals surface area contributed by atoms with E-state index < -0.39 is 0 Å². The van der Waals surface area contributed by atoms with Crippen molar-refractivity contribution in [2.75, 3.05) is 14.1 Å². The van der Waals surface area contributed by atoms with Crippen molar-refractivity contribution in [2.24, 2.45) is 0 Å². The minimum absolute atomic E-state index is 0.0651. The number of H-pyrrole nitrogens is 1. The third-order valence-corrected chi connectivity index (χ3v) is 1.87. The molecule has 0 unspecified atom stereocenters. The molecule has 1 aromatic rings. The summed E-state index contributed by atoms with van der Waals surface area (Å²) in [6.45, 7) is 1.47. The van der Waals surface area contributed by atoms with Crippen molar-refractivity contribution >= 4 is 11.9 Å². The number of pyridine rings is 1. The van der Waals surface area contributed by atoms with Crippen LogP contribution in [0.2, 0.25) is 0 Å². The van der Waals surface area contributed by atoms with Gasteiger partial charge in [0.15, 0.2) is 5.78 Å². The Morgan fingerprint density at radius 1 is 1.40 bits per heavy atom. The Kier molecular flexibility index (Phi) is 3.44. The highest BCUT2D eigenvalue weighted by atomic mass is 16.1. The topological polar surface area (TPSA) is 53.2 Å². The molecule has 0 saturated heterocycles. The minimum atomic E-state index is -0.210. The van der Waals surface area contributed by atoms with Crippen molar-refractivity contribution in [3.05, 3.63) is 39.9 Å². The van der Waals surface area contributed by atoms with Crippen molar-refractivity contribution in [2.45, 2.75) is 6.92 Å². The van der Waals surface area contributed by atoms with Gasteiger partial charge in [0.2, 0.25) is 5.56 Å². The van der Waals surface area contributed by atoms with E-state index in [1.54, 1.807) is 12.3 Å². The lowest BCUT2D eigenvalue weighted by molar-refractivity contribution is 0.101. The summed E-state index contributed by atoms with van der Waals surface area (Å²) >= 11 is 0. The second-order valence-electron chi connectivity index (χ2n) is 3.49. The molecular formula is C11H14N2O2. The van der Waals surface area contributed by atoms with Gasteiger partial charge in [-0.05, 0) is 19.1 Å². The number of hydrogen-bond donors (Lipinski definition) is 1. The molecule has 1 N–H and O–H groups in total. The summed E-state index contributed by atoms with van der Waals surface area (Å²) in [6.07, 6.45) is 3.48. The number of nitrogens with one attached hydrogen (secondary N) is 1. The van der Waals surface area contributed by atoms with Crippen molar-refractivity contribution in [1.82, 2.24) is 9.88 Å². The summed E-state index contributed by atoms with van der Waals surface area (Å²) in [6, 6.07) is 2.89. The Labute approximate surface area is 88.2 Å². The molecule has 0 aliphatic rings. The van der Waals surface area contributed by atoms with Crippen LogP contribution in [0.5, 0.6) is 0 Å². The highest BCUT2D eigenvalue weighted by Gasteiger charge is 2.04. The number of Topliss-reactive ketones (excluding diaryl/α,β-unsaturated/α-hetero) is 1. The van der Waals surface area contributed by atoms with Gasteiger partial charge < -0.3 is 9.88 Å². The van der Waals surface area contributed by atoms with Crippen molar-refractivity contribution < 1.29 is 4.79 Å². The van der Waals surface area contributed by atoms with Gasteiger partial charge in [0, 0.05) is 31.9 Å². The van der Waals surface area contributed by atoms with Gasteiger partial charge in [-0.25, -0.2) is 0 Å². The maximum absolute atomic E-state index is 11.3. The molecule has 0 aliphatic carbocycles. The number of rotatable bonds is 3. The van der Waals surface area contributed by atoms with Crippen LogP contribution >= 0.6 is 0 Å². The maximum atomic E-state index is 11.3. The van der Waals surface area contributed by atoms with Gasteiger partial charge in [0.1, 0.15) is 0 Å². The first-order valence-electron chi connectivity index (χ1n) is 4.59. The second kappa shape index (κ2) is 4.59. The molecule has 80 valence electrons. The van der Waals surface area contributed by atoms with E-state index in [2.05, 4.69) is 4.98 Å². The Bertz CT molecular complexity index is 444. The summed E-state index contributed by atoms with van der Waals surface area (Å²) in [4.78, 5) is 26.8. The average molecular weight is 206 g/mol. The van der Waals surface area contributed by atoms with Crippen LogP contribution in [0.25, 0.3) is 6.08 Å².